The minimum Gasteiger partial charge on any atom is -0.327 e. The summed E-state index contributed by atoms with van der Waals surface area (Å²) in [6.07, 6.45) is 1.23. The Hall–Kier alpha value is -1.88. The van der Waals surface area contributed by atoms with Gasteiger partial charge in [-0.1, -0.05) is 32.0 Å². The van der Waals surface area contributed by atoms with Crippen molar-refractivity contribution >= 4 is 11.8 Å². The highest BCUT2D eigenvalue weighted by atomic mass is 16.2. The van der Waals surface area contributed by atoms with E-state index in [1.807, 2.05) is 6.07 Å². The molecule has 1 aromatic rings. The standard InChI is InChI=1S/C16H23N3O2/c1-12-8-13(2)10-19(9-12)11-15(20)17-18-16(21)14-6-4-3-5-7-14/h3-7,12-13H,8-11H2,1-2H3,(H,17,20)(H,18,21)/p+1/t12-,13+. The van der Waals surface area contributed by atoms with Crippen molar-refractivity contribution in [1.29, 1.82) is 0 Å². The Morgan fingerprint density at radius 3 is 2.33 bits per heavy atom. The molecule has 0 radical (unpaired) electrons. The molecular formula is C16H24N3O2+. The highest BCUT2D eigenvalue weighted by Gasteiger charge is 2.26. The molecule has 1 aliphatic heterocycles. The topological polar surface area (TPSA) is 62.6 Å². The molecular weight excluding hydrogens is 266 g/mol. The minimum atomic E-state index is -0.292. The first kappa shape index (κ1) is 15.5. The van der Waals surface area contributed by atoms with Crippen molar-refractivity contribution in [2.24, 2.45) is 11.8 Å². The quantitative estimate of drug-likeness (QED) is 0.687. The smallest absolute Gasteiger partial charge is 0.293 e. The Morgan fingerprint density at radius 1 is 1.10 bits per heavy atom. The molecule has 3 N–H and O–H groups in total. The van der Waals surface area contributed by atoms with E-state index >= 15 is 0 Å². The van der Waals surface area contributed by atoms with Gasteiger partial charge < -0.3 is 4.90 Å². The summed E-state index contributed by atoms with van der Waals surface area (Å²) in [5, 5.41) is 0. The summed E-state index contributed by atoms with van der Waals surface area (Å²) < 4.78 is 0. The zero-order chi connectivity index (χ0) is 15.2. The van der Waals surface area contributed by atoms with Crippen LogP contribution in [0, 0.1) is 11.8 Å². The molecule has 1 saturated heterocycles. The monoisotopic (exact) mass is 290 g/mol. The van der Waals surface area contributed by atoms with Crippen molar-refractivity contribution in [2.45, 2.75) is 20.3 Å². The third kappa shape index (κ3) is 4.86. The number of rotatable bonds is 3. The van der Waals surface area contributed by atoms with E-state index in [1.54, 1.807) is 24.3 Å². The summed E-state index contributed by atoms with van der Waals surface area (Å²) in [4.78, 5) is 25.0. The maximum atomic E-state index is 11.9. The number of amides is 2. The lowest BCUT2D eigenvalue weighted by Crippen LogP contribution is -3.15. The van der Waals surface area contributed by atoms with Crippen molar-refractivity contribution in [3.8, 4) is 0 Å². The van der Waals surface area contributed by atoms with Gasteiger partial charge in [-0.25, -0.2) is 0 Å². The van der Waals surface area contributed by atoms with E-state index in [0.29, 0.717) is 23.9 Å². The molecule has 1 fully saturated rings. The van der Waals surface area contributed by atoms with Crippen molar-refractivity contribution in [2.75, 3.05) is 19.6 Å². The molecule has 21 heavy (non-hydrogen) atoms. The third-order valence-corrected chi connectivity index (χ3v) is 3.84. The van der Waals surface area contributed by atoms with Crippen molar-refractivity contribution in [1.82, 2.24) is 10.9 Å². The molecule has 2 rings (SSSR count). The summed E-state index contributed by atoms with van der Waals surface area (Å²) in [6, 6.07) is 8.84. The summed E-state index contributed by atoms with van der Waals surface area (Å²) in [5.74, 6) is 0.862. The Balaban J connectivity index is 1.76. The molecule has 0 aromatic heterocycles. The maximum Gasteiger partial charge on any atom is 0.293 e. The van der Waals surface area contributed by atoms with E-state index in [2.05, 4.69) is 24.7 Å². The summed E-state index contributed by atoms with van der Waals surface area (Å²) >= 11 is 0. The van der Waals surface area contributed by atoms with Gasteiger partial charge in [0.2, 0.25) is 0 Å². The first-order valence-electron chi connectivity index (χ1n) is 7.52. The van der Waals surface area contributed by atoms with Crippen molar-refractivity contribution in [3.63, 3.8) is 0 Å². The fourth-order valence-corrected chi connectivity index (χ4v) is 3.13. The summed E-state index contributed by atoms with van der Waals surface area (Å²) in [7, 11) is 0. The minimum absolute atomic E-state index is 0.143. The van der Waals surface area contributed by atoms with Gasteiger partial charge in [-0.05, 0) is 18.6 Å². The molecule has 1 aliphatic rings. The van der Waals surface area contributed by atoms with Crippen LogP contribution in [0.15, 0.2) is 30.3 Å². The molecule has 3 atom stereocenters. The van der Waals surface area contributed by atoms with Crippen LogP contribution < -0.4 is 15.8 Å². The molecule has 0 bridgehead atoms. The lowest BCUT2D eigenvalue weighted by Gasteiger charge is -2.31. The number of likely N-dealkylation sites (tertiary alicyclic amines) is 1. The predicted octanol–water partition coefficient (Wildman–Crippen LogP) is 0.00840. The van der Waals surface area contributed by atoms with Crippen molar-refractivity contribution < 1.29 is 14.5 Å². The molecule has 5 heteroatoms. The van der Waals surface area contributed by atoms with Crippen LogP contribution in [0.4, 0.5) is 0 Å². The lowest BCUT2D eigenvalue weighted by atomic mass is 9.92. The summed E-state index contributed by atoms with van der Waals surface area (Å²) in [6.45, 7) is 6.90. The van der Waals surface area contributed by atoms with Gasteiger partial charge in [0, 0.05) is 17.4 Å². The molecule has 1 aromatic carbocycles. The number of hydrogen-bond acceptors (Lipinski definition) is 2. The molecule has 1 heterocycles. The fourth-order valence-electron chi connectivity index (χ4n) is 3.13. The highest BCUT2D eigenvalue weighted by molar-refractivity contribution is 5.95. The van der Waals surface area contributed by atoms with Gasteiger partial charge in [0.05, 0.1) is 13.1 Å². The SMILES string of the molecule is C[C@@H]1C[C@H](C)C[NH+](CC(=O)NNC(=O)c2ccccc2)C1. The molecule has 114 valence electrons. The number of piperidine rings is 1. The van der Waals surface area contributed by atoms with Crippen molar-refractivity contribution in [3.05, 3.63) is 35.9 Å². The molecule has 2 amide bonds. The van der Waals surface area contributed by atoms with Gasteiger partial charge in [0.15, 0.2) is 6.54 Å². The second-order valence-corrected chi connectivity index (χ2v) is 6.15. The molecule has 0 saturated carbocycles. The zero-order valence-electron chi connectivity index (χ0n) is 12.7. The van der Waals surface area contributed by atoms with E-state index in [0.717, 1.165) is 13.1 Å². The fraction of sp³-hybridized carbons (Fsp3) is 0.500. The number of carbonyl (C=O) groups excluding carboxylic acids is 2. The zero-order valence-corrected chi connectivity index (χ0v) is 12.7. The Kier molecular flexibility index (Phi) is 5.33. The highest BCUT2D eigenvalue weighted by Crippen LogP contribution is 2.11. The predicted molar refractivity (Wildman–Crippen MR) is 80.6 cm³/mol. The average molecular weight is 290 g/mol. The van der Waals surface area contributed by atoms with Gasteiger partial charge in [-0.15, -0.1) is 0 Å². The number of carbonyl (C=O) groups is 2. The van der Waals surface area contributed by atoms with E-state index in [1.165, 1.54) is 11.3 Å². The molecule has 0 spiro atoms. The van der Waals surface area contributed by atoms with Gasteiger partial charge in [-0.2, -0.15) is 0 Å². The number of hydrazine groups is 1. The number of quaternary nitrogens is 1. The van der Waals surface area contributed by atoms with Crippen LogP contribution in [0.5, 0.6) is 0 Å². The second-order valence-electron chi connectivity index (χ2n) is 6.15. The van der Waals surface area contributed by atoms with E-state index in [-0.39, 0.29) is 11.8 Å². The van der Waals surface area contributed by atoms with Crippen LogP contribution in [0.1, 0.15) is 30.6 Å². The summed E-state index contributed by atoms with van der Waals surface area (Å²) in [5.41, 5.74) is 5.49. The Bertz CT molecular complexity index is 480. The van der Waals surface area contributed by atoms with Gasteiger partial charge in [0.25, 0.3) is 11.8 Å². The number of hydrogen-bond donors (Lipinski definition) is 3. The van der Waals surface area contributed by atoms with E-state index < -0.39 is 0 Å². The first-order valence-corrected chi connectivity index (χ1v) is 7.52. The van der Waals surface area contributed by atoms with Crippen LogP contribution >= 0.6 is 0 Å². The van der Waals surface area contributed by atoms with E-state index in [9.17, 15) is 9.59 Å². The largest absolute Gasteiger partial charge is 0.327 e. The van der Waals surface area contributed by atoms with Crippen LogP contribution in [0.2, 0.25) is 0 Å². The normalized spacial score (nSPS) is 25.1. The van der Waals surface area contributed by atoms with E-state index in [4.69, 9.17) is 0 Å². The van der Waals surface area contributed by atoms with Gasteiger partial charge in [0.1, 0.15) is 0 Å². The van der Waals surface area contributed by atoms with Crippen LogP contribution in [0.3, 0.4) is 0 Å². The Morgan fingerprint density at radius 2 is 1.71 bits per heavy atom. The van der Waals surface area contributed by atoms with Gasteiger partial charge in [-0.3, -0.25) is 20.4 Å². The number of benzene rings is 1. The molecule has 1 unspecified atom stereocenters. The first-order chi connectivity index (χ1) is 10.0. The van der Waals surface area contributed by atoms with Crippen LogP contribution in [-0.2, 0) is 4.79 Å². The third-order valence-electron chi connectivity index (χ3n) is 3.84. The molecule has 5 nitrogen and oxygen atoms in total. The second kappa shape index (κ2) is 7.22. The molecule has 0 aliphatic carbocycles. The average Bonchev–Trinajstić information content (AvgIpc) is 2.44. The maximum absolute atomic E-state index is 11.9. The van der Waals surface area contributed by atoms with Crippen LogP contribution in [0.25, 0.3) is 0 Å². The van der Waals surface area contributed by atoms with Gasteiger partial charge >= 0.3 is 0 Å². The lowest BCUT2D eigenvalue weighted by molar-refractivity contribution is -0.904. The van der Waals surface area contributed by atoms with Crippen LogP contribution in [-0.4, -0.2) is 31.4 Å². The number of nitrogens with one attached hydrogen (secondary N) is 3. The Labute approximate surface area is 125 Å².